The van der Waals surface area contributed by atoms with Gasteiger partial charge in [-0.25, -0.2) is 8.42 Å². The zero-order valence-corrected chi connectivity index (χ0v) is 18.6. The lowest BCUT2D eigenvalue weighted by Crippen LogP contribution is -2.50. The number of ether oxygens (including phenoxy) is 1. The quantitative estimate of drug-likeness (QED) is 0.673. The van der Waals surface area contributed by atoms with Crippen molar-refractivity contribution in [2.45, 2.75) is 18.7 Å². The van der Waals surface area contributed by atoms with E-state index in [1.807, 2.05) is 20.9 Å². The number of anilines is 1. The van der Waals surface area contributed by atoms with Crippen LogP contribution in [0.3, 0.4) is 0 Å². The summed E-state index contributed by atoms with van der Waals surface area (Å²) >= 11 is 0. The molecule has 2 aromatic carbocycles. The third-order valence-electron chi connectivity index (χ3n) is 5.18. The van der Waals surface area contributed by atoms with Crippen LogP contribution in [-0.4, -0.2) is 70.5 Å². The molecule has 7 nitrogen and oxygen atoms in total. The van der Waals surface area contributed by atoms with Crippen molar-refractivity contribution >= 4 is 21.6 Å². The first-order valence-electron chi connectivity index (χ1n) is 10.1. The van der Waals surface area contributed by atoms with Crippen molar-refractivity contribution in [2.75, 3.05) is 50.7 Å². The first-order chi connectivity index (χ1) is 14.3. The van der Waals surface area contributed by atoms with E-state index >= 15 is 0 Å². The number of sulfonamides is 1. The Labute approximate surface area is 178 Å². The Balaban J connectivity index is 1.99. The van der Waals surface area contributed by atoms with E-state index in [4.69, 9.17) is 4.74 Å². The molecule has 1 saturated heterocycles. The van der Waals surface area contributed by atoms with Gasteiger partial charge in [-0.2, -0.15) is 0 Å². The number of piperazine rings is 1. The fourth-order valence-corrected chi connectivity index (χ4v) is 4.78. The number of benzene rings is 2. The molecule has 162 valence electrons. The van der Waals surface area contributed by atoms with E-state index in [2.05, 4.69) is 4.90 Å². The van der Waals surface area contributed by atoms with E-state index in [-0.39, 0.29) is 17.3 Å². The highest BCUT2D eigenvalue weighted by molar-refractivity contribution is 7.92. The number of hydrogen-bond donors (Lipinski definition) is 0. The number of nitrogens with zero attached hydrogens (tertiary/aromatic N) is 3. The lowest BCUT2D eigenvalue weighted by Gasteiger charge is -2.34. The van der Waals surface area contributed by atoms with Gasteiger partial charge in [0, 0.05) is 26.2 Å². The third kappa shape index (κ3) is 4.94. The molecule has 0 saturated carbocycles. The summed E-state index contributed by atoms with van der Waals surface area (Å²) in [5.74, 6) is 0.215. The highest BCUT2D eigenvalue weighted by Gasteiger charge is 2.31. The first kappa shape index (κ1) is 22.1. The summed E-state index contributed by atoms with van der Waals surface area (Å²) < 4.78 is 34.0. The van der Waals surface area contributed by atoms with Gasteiger partial charge in [-0.05, 0) is 45.2 Å². The molecule has 2 aromatic rings. The van der Waals surface area contributed by atoms with Crippen molar-refractivity contribution in [1.29, 1.82) is 0 Å². The van der Waals surface area contributed by atoms with Crippen molar-refractivity contribution in [2.24, 2.45) is 0 Å². The van der Waals surface area contributed by atoms with E-state index in [9.17, 15) is 13.2 Å². The molecule has 0 aromatic heterocycles. The molecule has 1 fully saturated rings. The monoisotopic (exact) mass is 431 g/mol. The second-order valence-electron chi connectivity index (χ2n) is 7.41. The van der Waals surface area contributed by atoms with Gasteiger partial charge in [-0.1, -0.05) is 29.8 Å². The Hall–Kier alpha value is -2.58. The maximum Gasteiger partial charge on any atom is 0.264 e. The summed E-state index contributed by atoms with van der Waals surface area (Å²) in [4.78, 5) is 17.1. The molecule has 0 radical (unpaired) electrons. The molecular weight excluding hydrogens is 402 g/mol. The topological polar surface area (TPSA) is 70.2 Å². The van der Waals surface area contributed by atoms with Crippen LogP contribution in [0.5, 0.6) is 5.75 Å². The smallest absolute Gasteiger partial charge is 0.264 e. The summed E-state index contributed by atoms with van der Waals surface area (Å²) in [5.41, 5.74) is 1.33. The summed E-state index contributed by atoms with van der Waals surface area (Å²) in [6.45, 7) is 6.56. The second-order valence-corrected chi connectivity index (χ2v) is 9.27. The van der Waals surface area contributed by atoms with Gasteiger partial charge in [-0.15, -0.1) is 0 Å². The summed E-state index contributed by atoms with van der Waals surface area (Å²) in [5, 5.41) is 0. The molecule has 3 rings (SSSR count). The summed E-state index contributed by atoms with van der Waals surface area (Å²) in [7, 11) is -1.95. The molecule has 0 aliphatic carbocycles. The van der Waals surface area contributed by atoms with Crippen LogP contribution in [0.1, 0.15) is 12.5 Å². The molecule has 0 atom stereocenters. The predicted molar refractivity (Wildman–Crippen MR) is 117 cm³/mol. The number of carbonyl (C=O) groups excluding carboxylic acids is 1. The molecule has 1 heterocycles. The Morgan fingerprint density at radius 3 is 2.30 bits per heavy atom. The molecule has 30 heavy (non-hydrogen) atoms. The number of aryl methyl sites for hydroxylation is 1. The number of carbonyl (C=O) groups is 1. The summed E-state index contributed by atoms with van der Waals surface area (Å²) in [6, 6.07) is 13.6. The zero-order chi connectivity index (χ0) is 21.7. The Bertz CT molecular complexity index is 968. The van der Waals surface area contributed by atoms with Crippen LogP contribution in [0.25, 0.3) is 0 Å². The van der Waals surface area contributed by atoms with E-state index in [1.165, 1.54) is 4.31 Å². The number of likely N-dealkylation sites (N-methyl/N-ethyl adjacent to an activating group) is 1. The maximum absolute atomic E-state index is 13.6. The van der Waals surface area contributed by atoms with Crippen LogP contribution in [0.4, 0.5) is 5.69 Å². The van der Waals surface area contributed by atoms with Gasteiger partial charge < -0.3 is 14.5 Å². The van der Waals surface area contributed by atoms with Crippen molar-refractivity contribution in [3.63, 3.8) is 0 Å². The molecule has 0 unspecified atom stereocenters. The molecule has 0 spiro atoms. The molecular formula is C22H29N3O4S. The minimum Gasteiger partial charge on any atom is -0.492 e. The average molecular weight is 432 g/mol. The Morgan fingerprint density at radius 2 is 1.67 bits per heavy atom. The molecule has 8 heteroatoms. The first-order valence-corrected chi connectivity index (χ1v) is 11.5. The maximum atomic E-state index is 13.6. The van der Waals surface area contributed by atoms with Crippen LogP contribution >= 0.6 is 0 Å². The molecule has 0 N–H and O–H groups in total. The van der Waals surface area contributed by atoms with Gasteiger partial charge in [0.2, 0.25) is 5.91 Å². The average Bonchev–Trinajstić information content (AvgIpc) is 2.73. The van der Waals surface area contributed by atoms with E-state index in [1.54, 1.807) is 53.4 Å². The van der Waals surface area contributed by atoms with E-state index in [0.717, 1.165) is 18.7 Å². The predicted octanol–water partition coefficient (Wildman–Crippen LogP) is 2.36. The molecule has 0 bridgehead atoms. The highest BCUT2D eigenvalue weighted by Crippen LogP contribution is 2.32. The van der Waals surface area contributed by atoms with E-state index < -0.39 is 10.0 Å². The van der Waals surface area contributed by atoms with Crippen molar-refractivity contribution in [1.82, 2.24) is 9.80 Å². The number of para-hydroxylation sites is 2. The van der Waals surface area contributed by atoms with Crippen molar-refractivity contribution < 1.29 is 17.9 Å². The van der Waals surface area contributed by atoms with Gasteiger partial charge in [0.15, 0.2) is 0 Å². The van der Waals surface area contributed by atoms with Crippen LogP contribution in [0, 0.1) is 6.92 Å². The number of amides is 1. The molecule has 1 amide bonds. The lowest BCUT2D eigenvalue weighted by atomic mass is 10.2. The number of hydrogen-bond acceptors (Lipinski definition) is 5. The minimum absolute atomic E-state index is 0.144. The SMILES string of the molecule is CCOc1ccccc1N(CC(=O)N1CCN(C)CC1)S(=O)(=O)c1ccc(C)cc1. The fraction of sp³-hybridized carbons (Fsp3) is 0.409. The normalized spacial score (nSPS) is 15.1. The van der Waals surface area contributed by atoms with Crippen LogP contribution in [0.2, 0.25) is 0 Å². The lowest BCUT2D eigenvalue weighted by molar-refractivity contribution is -0.131. The van der Waals surface area contributed by atoms with Gasteiger partial charge in [-0.3, -0.25) is 9.10 Å². The Morgan fingerprint density at radius 1 is 1.03 bits per heavy atom. The largest absolute Gasteiger partial charge is 0.492 e. The Kier molecular flexibility index (Phi) is 6.99. The van der Waals surface area contributed by atoms with Crippen molar-refractivity contribution in [3.05, 3.63) is 54.1 Å². The van der Waals surface area contributed by atoms with Crippen molar-refractivity contribution in [3.8, 4) is 5.75 Å². The molecule has 1 aliphatic heterocycles. The molecule has 1 aliphatic rings. The number of rotatable bonds is 7. The van der Waals surface area contributed by atoms with Gasteiger partial charge >= 0.3 is 0 Å². The zero-order valence-electron chi connectivity index (χ0n) is 17.7. The standard InChI is InChI=1S/C22H29N3O4S/c1-4-29-21-8-6-5-7-20(21)25(17-22(26)24-15-13-23(3)14-16-24)30(27,28)19-11-9-18(2)10-12-19/h5-12H,4,13-17H2,1-3H3. The highest BCUT2D eigenvalue weighted by atomic mass is 32.2. The van der Waals surface area contributed by atoms with Gasteiger partial charge in [0.05, 0.1) is 17.2 Å². The van der Waals surface area contributed by atoms with Crippen LogP contribution in [-0.2, 0) is 14.8 Å². The second kappa shape index (κ2) is 9.49. The third-order valence-corrected chi connectivity index (χ3v) is 6.95. The van der Waals surface area contributed by atoms with Gasteiger partial charge in [0.1, 0.15) is 12.3 Å². The van der Waals surface area contributed by atoms with Crippen LogP contribution < -0.4 is 9.04 Å². The van der Waals surface area contributed by atoms with Gasteiger partial charge in [0.25, 0.3) is 10.0 Å². The van der Waals surface area contributed by atoms with E-state index in [0.29, 0.717) is 31.1 Å². The minimum atomic E-state index is -3.96. The van der Waals surface area contributed by atoms with Crippen LogP contribution in [0.15, 0.2) is 53.4 Å². The summed E-state index contributed by atoms with van der Waals surface area (Å²) in [6.07, 6.45) is 0. The fourth-order valence-electron chi connectivity index (χ4n) is 3.36.